The Morgan fingerprint density at radius 1 is 1.33 bits per heavy atom. The van der Waals surface area contributed by atoms with E-state index in [1.165, 1.54) is 0 Å². The monoisotopic (exact) mass is 310 g/mol. The first-order valence-corrected chi connectivity index (χ1v) is 7.34. The highest BCUT2D eigenvalue weighted by atomic mass is 32.1. The first-order valence-electron chi connectivity index (χ1n) is 6.89. The Labute approximate surface area is 130 Å². The molecule has 0 fully saturated rings. The minimum Gasteiger partial charge on any atom is -0.444 e. The molecule has 0 aliphatic carbocycles. The third-order valence-corrected chi connectivity index (χ3v) is 3.01. The van der Waals surface area contributed by atoms with Crippen molar-refractivity contribution in [3.8, 4) is 0 Å². The van der Waals surface area contributed by atoms with Crippen LogP contribution in [-0.2, 0) is 16.0 Å². The summed E-state index contributed by atoms with van der Waals surface area (Å²) in [5.74, 6) is 0. The third-order valence-electron chi connectivity index (χ3n) is 2.70. The molecule has 0 saturated heterocycles. The number of thiol groups is 1. The van der Waals surface area contributed by atoms with Crippen LogP contribution in [0.2, 0.25) is 0 Å². The Morgan fingerprint density at radius 2 is 1.95 bits per heavy atom. The SMILES string of the molecule is CC(C)(C)OC(=O)N[C@H](CCCc1ccncc1)C(=O)S. The van der Waals surface area contributed by atoms with Crippen LogP contribution >= 0.6 is 12.6 Å². The van der Waals surface area contributed by atoms with Crippen LogP contribution in [0.15, 0.2) is 24.5 Å². The first kappa shape index (κ1) is 17.5. The second-order valence-corrected chi connectivity index (χ2v) is 6.23. The van der Waals surface area contributed by atoms with E-state index in [2.05, 4.69) is 22.9 Å². The summed E-state index contributed by atoms with van der Waals surface area (Å²) in [6.07, 6.45) is 4.96. The molecule has 1 heterocycles. The van der Waals surface area contributed by atoms with E-state index in [0.29, 0.717) is 6.42 Å². The van der Waals surface area contributed by atoms with Crippen LogP contribution < -0.4 is 5.32 Å². The molecule has 1 aromatic heterocycles. The van der Waals surface area contributed by atoms with Crippen LogP contribution in [0.25, 0.3) is 0 Å². The molecule has 0 unspecified atom stereocenters. The van der Waals surface area contributed by atoms with Gasteiger partial charge in [-0.1, -0.05) is 0 Å². The molecule has 0 radical (unpaired) electrons. The van der Waals surface area contributed by atoms with E-state index >= 15 is 0 Å². The number of ether oxygens (including phenoxy) is 1. The summed E-state index contributed by atoms with van der Waals surface area (Å²) in [5, 5.41) is 2.19. The van der Waals surface area contributed by atoms with Crippen molar-refractivity contribution in [2.45, 2.75) is 51.7 Å². The minimum atomic E-state index is -0.634. The van der Waals surface area contributed by atoms with Gasteiger partial charge in [-0.15, -0.1) is 12.6 Å². The van der Waals surface area contributed by atoms with Crippen molar-refractivity contribution in [1.29, 1.82) is 0 Å². The van der Waals surface area contributed by atoms with E-state index in [9.17, 15) is 9.59 Å². The number of carbonyl (C=O) groups is 2. The van der Waals surface area contributed by atoms with Crippen molar-refractivity contribution in [3.63, 3.8) is 0 Å². The van der Waals surface area contributed by atoms with E-state index in [1.54, 1.807) is 33.2 Å². The van der Waals surface area contributed by atoms with Crippen LogP contribution in [0.1, 0.15) is 39.2 Å². The number of pyridine rings is 1. The van der Waals surface area contributed by atoms with Gasteiger partial charge in [0.25, 0.3) is 0 Å². The van der Waals surface area contributed by atoms with Crippen molar-refractivity contribution in [2.75, 3.05) is 0 Å². The average molecular weight is 310 g/mol. The van der Waals surface area contributed by atoms with Gasteiger partial charge in [-0.3, -0.25) is 9.78 Å². The maximum Gasteiger partial charge on any atom is 0.408 e. The topological polar surface area (TPSA) is 68.3 Å². The Morgan fingerprint density at radius 3 is 2.48 bits per heavy atom. The summed E-state index contributed by atoms with van der Waals surface area (Å²) in [6, 6.07) is 3.22. The zero-order valence-corrected chi connectivity index (χ0v) is 13.5. The molecule has 0 aliphatic rings. The highest BCUT2D eigenvalue weighted by Gasteiger charge is 2.22. The van der Waals surface area contributed by atoms with Gasteiger partial charge in [0.15, 0.2) is 0 Å². The number of alkyl carbamates (subject to hydrolysis) is 1. The van der Waals surface area contributed by atoms with E-state index in [4.69, 9.17) is 4.74 Å². The van der Waals surface area contributed by atoms with Crippen molar-refractivity contribution in [3.05, 3.63) is 30.1 Å². The normalized spacial score (nSPS) is 12.6. The zero-order chi connectivity index (χ0) is 15.9. The molecular formula is C15H22N2O3S. The molecule has 0 saturated carbocycles. The van der Waals surface area contributed by atoms with Gasteiger partial charge in [0.1, 0.15) is 11.6 Å². The molecule has 1 rings (SSSR count). The molecule has 1 atom stereocenters. The van der Waals surface area contributed by atoms with Crippen LogP contribution in [0.4, 0.5) is 4.79 Å². The van der Waals surface area contributed by atoms with Gasteiger partial charge in [-0.2, -0.15) is 0 Å². The fourth-order valence-corrected chi connectivity index (χ4v) is 1.96. The average Bonchev–Trinajstić information content (AvgIpc) is 2.36. The smallest absolute Gasteiger partial charge is 0.408 e. The quantitative estimate of drug-likeness (QED) is 0.793. The standard InChI is InChI=1S/C15H22N2O3S/c1-15(2,3)20-14(19)17-12(13(18)21)6-4-5-11-7-9-16-10-8-11/h7-10,12H,4-6H2,1-3H3,(H,17,19)(H,18,21)/t12-/m1/s1. The Balaban J connectivity index is 2.43. The molecule has 0 spiro atoms. The number of nitrogens with one attached hydrogen (secondary N) is 1. The first-order chi connectivity index (χ1) is 9.78. The molecular weight excluding hydrogens is 288 g/mol. The molecule has 5 nitrogen and oxygen atoms in total. The Kier molecular flexibility index (Phi) is 6.68. The molecule has 1 aromatic rings. The lowest BCUT2D eigenvalue weighted by Gasteiger charge is -2.22. The lowest BCUT2D eigenvalue weighted by Crippen LogP contribution is -2.42. The minimum absolute atomic E-state index is 0.365. The van der Waals surface area contributed by atoms with Gasteiger partial charge in [0.05, 0.1) is 0 Å². The summed E-state index contributed by atoms with van der Waals surface area (Å²) < 4.78 is 5.14. The van der Waals surface area contributed by atoms with Crippen molar-refractivity contribution in [1.82, 2.24) is 10.3 Å². The number of carbonyl (C=O) groups excluding carboxylic acids is 2. The van der Waals surface area contributed by atoms with Gasteiger partial charge >= 0.3 is 6.09 Å². The molecule has 1 amide bonds. The number of hydrogen-bond donors (Lipinski definition) is 2. The number of hydrogen-bond acceptors (Lipinski definition) is 4. The molecule has 21 heavy (non-hydrogen) atoms. The second kappa shape index (κ2) is 8.02. The lowest BCUT2D eigenvalue weighted by atomic mass is 10.1. The molecule has 6 heteroatoms. The van der Waals surface area contributed by atoms with E-state index < -0.39 is 17.7 Å². The number of nitrogens with zero attached hydrogens (tertiary/aromatic N) is 1. The van der Waals surface area contributed by atoms with Gasteiger partial charge in [0.2, 0.25) is 5.12 Å². The Bertz CT molecular complexity index is 472. The maximum absolute atomic E-state index is 11.7. The van der Waals surface area contributed by atoms with Crippen LogP contribution in [-0.4, -0.2) is 27.8 Å². The fourth-order valence-electron chi connectivity index (χ4n) is 1.77. The highest BCUT2D eigenvalue weighted by Crippen LogP contribution is 2.10. The van der Waals surface area contributed by atoms with Crippen LogP contribution in [0.3, 0.4) is 0 Å². The second-order valence-electron chi connectivity index (χ2n) is 5.78. The highest BCUT2D eigenvalue weighted by molar-refractivity contribution is 7.96. The summed E-state index contributed by atoms with van der Waals surface area (Å²) in [7, 11) is 0. The number of aryl methyl sites for hydroxylation is 1. The summed E-state index contributed by atoms with van der Waals surface area (Å²) in [5.41, 5.74) is 0.554. The van der Waals surface area contributed by atoms with Crippen LogP contribution in [0.5, 0.6) is 0 Å². The summed E-state index contributed by atoms with van der Waals surface area (Å²) in [4.78, 5) is 27.1. The van der Waals surface area contributed by atoms with E-state index in [-0.39, 0.29) is 5.12 Å². The number of amides is 1. The molecule has 116 valence electrons. The summed E-state index contributed by atoms with van der Waals surface area (Å²) in [6.45, 7) is 5.31. The van der Waals surface area contributed by atoms with Crippen molar-refractivity contribution >= 4 is 23.8 Å². The fraction of sp³-hybridized carbons (Fsp3) is 0.533. The molecule has 1 N–H and O–H groups in total. The van der Waals surface area contributed by atoms with Gasteiger partial charge in [0, 0.05) is 12.4 Å². The van der Waals surface area contributed by atoms with E-state index in [0.717, 1.165) is 18.4 Å². The maximum atomic E-state index is 11.7. The van der Waals surface area contributed by atoms with E-state index in [1.807, 2.05) is 12.1 Å². The summed E-state index contributed by atoms with van der Waals surface area (Å²) >= 11 is 3.82. The molecule has 0 aliphatic heterocycles. The van der Waals surface area contributed by atoms with Gasteiger partial charge in [-0.25, -0.2) is 4.79 Å². The molecule has 0 aromatic carbocycles. The molecule has 0 bridgehead atoms. The lowest BCUT2D eigenvalue weighted by molar-refractivity contribution is -0.112. The van der Waals surface area contributed by atoms with Crippen molar-refractivity contribution < 1.29 is 14.3 Å². The zero-order valence-electron chi connectivity index (χ0n) is 12.6. The van der Waals surface area contributed by atoms with Gasteiger partial charge in [-0.05, 0) is 57.7 Å². The predicted molar refractivity (Wildman–Crippen MR) is 84.3 cm³/mol. The third kappa shape index (κ3) is 7.70. The Hall–Kier alpha value is -1.56. The van der Waals surface area contributed by atoms with Gasteiger partial charge < -0.3 is 10.1 Å². The van der Waals surface area contributed by atoms with Crippen molar-refractivity contribution in [2.24, 2.45) is 0 Å². The largest absolute Gasteiger partial charge is 0.444 e. The number of rotatable bonds is 6. The predicted octanol–water partition coefficient (Wildman–Crippen LogP) is 2.75. The van der Waals surface area contributed by atoms with Crippen LogP contribution in [0, 0.1) is 0 Å². The number of aromatic nitrogens is 1.